The number of anilines is 3. The summed E-state index contributed by atoms with van der Waals surface area (Å²) in [4.78, 5) is 8.77. The van der Waals surface area contributed by atoms with Gasteiger partial charge in [0.05, 0.1) is 15.8 Å². The molecule has 1 aromatic carbocycles. The predicted octanol–water partition coefficient (Wildman–Crippen LogP) is 2.95. The Morgan fingerprint density at radius 2 is 1.90 bits per heavy atom. The molecule has 106 valence electrons. The zero-order chi connectivity index (χ0) is 14.1. The molecule has 1 aromatic heterocycles. The van der Waals surface area contributed by atoms with Crippen molar-refractivity contribution in [1.29, 1.82) is 0 Å². The number of piperazine rings is 1. The van der Waals surface area contributed by atoms with Gasteiger partial charge in [-0.15, -0.1) is 11.3 Å². The maximum absolute atomic E-state index is 13.4. The topological polar surface area (TPSA) is 45.4 Å². The van der Waals surface area contributed by atoms with Crippen LogP contribution in [-0.4, -0.2) is 31.2 Å². The Labute approximate surface area is 129 Å². The van der Waals surface area contributed by atoms with Crippen LogP contribution in [0.4, 0.5) is 20.9 Å². The lowest BCUT2D eigenvalue weighted by Gasteiger charge is -2.36. The molecule has 0 bridgehead atoms. The average Bonchev–Trinajstić information content (AvgIpc) is 2.97. The van der Waals surface area contributed by atoms with Crippen molar-refractivity contribution in [1.82, 2.24) is 4.98 Å². The van der Waals surface area contributed by atoms with Gasteiger partial charge in [-0.3, -0.25) is 0 Å². The van der Waals surface area contributed by atoms with E-state index in [0.29, 0.717) is 10.2 Å². The SMILES string of the molecule is Nc1cc(F)c(Br)cc1N1CCN(c2nccs2)CC1. The van der Waals surface area contributed by atoms with E-state index in [9.17, 15) is 4.39 Å². The number of nitrogen functional groups attached to an aromatic ring is 1. The van der Waals surface area contributed by atoms with Gasteiger partial charge in [-0.25, -0.2) is 9.37 Å². The molecule has 0 radical (unpaired) electrons. The number of benzene rings is 1. The van der Waals surface area contributed by atoms with E-state index in [1.54, 1.807) is 17.4 Å². The van der Waals surface area contributed by atoms with Crippen molar-refractivity contribution in [3.05, 3.63) is 34.0 Å². The van der Waals surface area contributed by atoms with Crippen LogP contribution in [0.15, 0.2) is 28.2 Å². The molecule has 2 N–H and O–H groups in total. The van der Waals surface area contributed by atoms with E-state index in [0.717, 1.165) is 37.0 Å². The van der Waals surface area contributed by atoms with E-state index < -0.39 is 0 Å². The Bertz CT molecular complexity index is 597. The number of aromatic nitrogens is 1. The molecule has 2 heterocycles. The zero-order valence-electron chi connectivity index (χ0n) is 10.7. The van der Waals surface area contributed by atoms with Gasteiger partial charge in [0.2, 0.25) is 0 Å². The Morgan fingerprint density at radius 1 is 1.20 bits per heavy atom. The maximum Gasteiger partial charge on any atom is 0.185 e. The summed E-state index contributed by atoms with van der Waals surface area (Å²) in [5.41, 5.74) is 7.29. The first-order valence-electron chi connectivity index (χ1n) is 6.29. The van der Waals surface area contributed by atoms with Gasteiger partial charge < -0.3 is 15.5 Å². The normalized spacial score (nSPS) is 15.7. The monoisotopic (exact) mass is 356 g/mol. The Balaban J connectivity index is 1.74. The van der Waals surface area contributed by atoms with Crippen LogP contribution >= 0.6 is 27.3 Å². The van der Waals surface area contributed by atoms with Gasteiger partial charge in [-0.2, -0.15) is 0 Å². The molecular weight excluding hydrogens is 343 g/mol. The highest BCUT2D eigenvalue weighted by Gasteiger charge is 2.21. The highest BCUT2D eigenvalue weighted by Crippen LogP contribution is 2.31. The van der Waals surface area contributed by atoms with Crippen LogP contribution in [0.1, 0.15) is 0 Å². The molecule has 0 aliphatic carbocycles. The molecule has 4 nitrogen and oxygen atoms in total. The van der Waals surface area contributed by atoms with Crippen LogP contribution in [0.5, 0.6) is 0 Å². The standard InChI is InChI=1S/C13H14BrFN4S/c14-9-7-12(11(16)8-10(9)15)18-2-4-19(5-3-18)13-17-1-6-20-13/h1,6-8H,2-5,16H2. The molecule has 7 heteroatoms. The third-order valence-electron chi connectivity index (χ3n) is 3.38. The van der Waals surface area contributed by atoms with E-state index in [-0.39, 0.29) is 5.82 Å². The summed E-state index contributed by atoms with van der Waals surface area (Å²) in [5.74, 6) is -0.326. The molecule has 2 aromatic rings. The molecule has 0 saturated carbocycles. The molecule has 0 atom stereocenters. The van der Waals surface area contributed by atoms with Crippen molar-refractivity contribution in [3.8, 4) is 0 Å². The van der Waals surface area contributed by atoms with Gasteiger partial charge in [-0.1, -0.05) is 0 Å². The fourth-order valence-electron chi connectivity index (χ4n) is 2.34. The third-order valence-corrected chi connectivity index (χ3v) is 4.82. The van der Waals surface area contributed by atoms with Gasteiger partial charge in [0, 0.05) is 43.8 Å². The molecule has 3 rings (SSSR count). The van der Waals surface area contributed by atoms with E-state index in [2.05, 4.69) is 30.7 Å². The molecule has 1 aliphatic rings. The highest BCUT2D eigenvalue weighted by molar-refractivity contribution is 9.10. The number of halogens is 2. The summed E-state index contributed by atoms with van der Waals surface area (Å²) < 4.78 is 13.9. The second kappa shape index (κ2) is 5.57. The van der Waals surface area contributed by atoms with E-state index in [1.165, 1.54) is 6.07 Å². The summed E-state index contributed by atoms with van der Waals surface area (Å²) in [5, 5.41) is 3.04. The number of thiazole rings is 1. The van der Waals surface area contributed by atoms with Crippen LogP contribution in [0, 0.1) is 5.82 Å². The quantitative estimate of drug-likeness (QED) is 0.840. The molecule has 0 amide bonds. The fourth-order valence-corrected chi connectivity index (χ4v) is 3.36. The summed E-state index contributed by atoms with van der Waals surface area (Å²) in [7, 11) is 0. The average molecular weight is 357 g/mol. The van der Waals surface area contributed by atoms with E-state index >= 15 is 0 Å². The number of hydrogen-bond acceptors (Lipinski definition) is 5. The molecular formula is C13H14BrFN4S. The van der Waals surface area contributed by atoms with Crippen molar-refractivity contribution >= 4 is 43.8 Å². The van der Waals surface area contributed by atoms with Gasteiger partial charge in [-0.05, 0) is 22.0 Å². The summed E-state index contributed by atoms with van der Waals surface area (Å²) >= 11 is 4.86. The lowest BCUT2D eigenvalue weighted by molar-refractivity contribution is 0.619. The lowest BCUT2D eigenvalue weighted by atomic mass is 10.2. The van der Waals surface area contributed by atoms with E-state index in [1.807, 2.05) is 11.6 Å². The smallest absolute Gasteiger partial charge is 0.185 e. The van der Waals surface area contributed by atoms with Crippen LogP contribution in [0.25, 0.3) is 0 Å². The maximum atomic E-state index is 13.4. The highest BCUT2D eigenvalue weighted by atomic mass is 79.9. The van der Waals surface area contributed by atoms with Crippen LogP contribution in [0.2, 0.25) is 0 Å². The third kappa shape index (κ3) is 2.60. The number of nitrogens with zero attached hydrogens (tertiary/aromatic N) is 3. The first kappa shape index (κ1) is 13.6. The minimum atomic E-state index is -0.326. The van der Waals surface area contributed by atoms with Crippen molar-refractivity contribution in [3.63, 3.8) is 0 Å². The minimum absolute atomic E-state index is 0.326. The zero-order valence-corrected chi connectivity index (χ0v) is 13.1. The van der Waals surface area contributed by atoms with Crippen molar-refractivity contribution < 1.29 is 4.39 Å². The van der Waals surface area contributed by atoms with Gasteiger partial charge in [0.25, 0.3) is 0 Å². The lowest BCUT2D eigenvalue weighted by Crippen LogP contribution is -2.46. The van der Waals surface area contributed by atoms with Crippen molar-refractivity contribution in [2.45, 2.75) is 0 Å². The molecule has 20 heavy (non-hydrogen) atoms. The van der Waals surface area contributed by atoms with Gasteiger partial charge in [0.1, 0.15) is 5.82 Å². The second-order valence-corrected chi connectivity index (χ2v) is 6.34. The number of hydrogen-bond donors (Lipinski definition) is 1. The summed E-state index contributed by atoms with van der Waals surface area (Å²) in [6.07, 6.45) is 1.82. The molecule has 1 aliphatic heterocycles. The number of nitrogens with two attached hydrogens (primary N) is 1. The fraction of sp³-hybridized carbons (Fsp3) is 0.308. The summed E-state index contributed by atoms with van der Waals surface area (Å²) in [6, 6.07) is 3.12. The van der Waals surface area contributed by atoms with Crippen LogP contribution < -0.4 is 15.5 Å². The number of rotatable bonds is 2. The minimum Gasteiger partial charge on any atom is -0.397 e. The molecule has 1 saturated heterocycles. The molecule has 1 fully saturated rings. The van der Waals surface area contributed by atoms with Gasteiger partial charge >= 0.3 is 0 Å². The van der Waals surface area contributed by atoms with Crippen LogP contribution in [0.3, 0.4) is 0 Å². The van der Waals surface area contributed by atoms with Crippen LogP contribution in [-0.2, 0) is 0 Å². The largest absolute Gasteiger partial charge is 0.397 e. The van der Waals surface area contributed by atoms with Crippen molar-refractivity contribution in [2.24, 2.45) is 0 Å². The molecule has 0 unspecified atom stereocenters. The summed E-state index contributed by atoms with van der Waals surface area (Å²) in [6.45, 7) is 3.48. The predicted molar refractivity (Wildman–Crippen MR) is 85.1 cm³/mol. The Morgan fingerprint density at radius 3 is 2.55 bits per heavy atom. The van der Waals surface area contributed by atoms with Gasteiger partial charge in [0.15, 0.2) is 5.13 Å². The first-order valence-corrected chi connectivity index (χ1v) is 7.96. The molecule has 0 spiro atoms. The van der Waals surface area contributed by atoms with E-state index in [4.69, 9.17) is 5.73 Å². The second-order valence-electron chi connectivity index (χ2n) is 4.61. The first-order chi connectivity index (χ1) is 9.65. The van der Waals surface area contributed by atoms with Crippen molar-refractivity contribution in [2.75, 3.05) is 41.7 Å². The Hall–Kier alpha value is -1.34. The Kier molecular flexibility index (Phi) is 3.80.